The van der Waals surface area contributed by atoms with Crippen LogP contribution in [0.5, 0.6) is 5.88 Å². The topological polar surface area (TPSA) is 121 Å². The molecule has 1 aliphatic heterocycles. The minimum absolute atomic E-state index is 0.0396. The van der Waals surface area contributed by atoms with Crippen molar-refractivity contribution in [1.29, 1.82) is 0 Å². The standard InChI is InChI=1S/C31H40N4O5/c1-19(30(38)32-24-16-21-10-11-22(24)14-21)13-26(36)25(15-20-7-4-3-5-8-20)33-31(39)23-17-27(34-28(18-23)40-2)35-12-6-9-29(35)37/h3-5,7-8,17-19,21-22,24-26,36H,6,9-16H2,1-2H3,(H,32,38)(H,33,39). The lowest BCUT2D eigenvalue weighted by Crippen LogP contribution is -2.47. The summed E-state index contributed by atoms with van der Waals surface area (Å²) in [5.41, 5.74) is 1.25. The zero-order valence-corrected chi connectivity index (χ0v) is 23.3. The first kappa shape index (κ1) is 28.1. The van der Waals surface area contributed by atoms with Crippen molar-refractivity contribution in [3.63, 3.8) is 0 Å². The zero-order valence-electron chi connectivity index (χ0n) is 23.3. The van der Waals surface area contributed by atoms with Gasteiger partial charge in [-0.1, -0.05) is 43.7 Å². The van der Waals surface area contributed by atoms with E-state index in [1.54, 1.807) is 11.0 Å². The Labute approximate surface area is 235 Å². The van der Waals surface area contributed by atoms with E-state index in [1.807, 2.05) is 37.3 Å². The van der Waals surface area contributed by atoms with Gasteiger partial charge >= 0.3 is 0 Å². The molecule has 214 valence electrons. The summed E-state index contributed by atoms with van der Waals surface area (Å²) in [4.78, 5) is 44.8. The van der Waals surface area contributed by atoms with Crippen molar-refractivity contribution in [2.75, 3.05) is 18.6 Å². The second kappa shape index (κ2) is 12.4. The molecule has 3 amide bonds. The van der Waals surface area contributed by atoms with E-state index in [0.717, 1.165) is 24.3 Å². The van der Waals surface area contributed by atoms with E-state index in [1.165, 1.54) is 32.4 Å². The normalized spacial score (nSPS) is 24.0. The average Bonchev–Trinajstić information content (AvgIpc) is 3.70. The molecule has 2 bridgehead atoms. The van der Waals surface area contributed by atoms with Gasteiger partial charge in [0, 0.05) is 36.6 Å². The lowest BCUT2D eigenvalue weighted by atomic mass is 9.92. The van der Waals surface area contributed by atoms with Gasteiger partial charge in [-0.15, -0.1) is 0 Å². The third-order valence-corrected chi connectivity index (χ3v) is 8.80. The van der Waals surface area contributed by atoms with Crippen LogP contribution in [0.1, 0.15) is 67.8 Å². The van der Waals surface area contributed by atoms with Crippen LogP contribution < -0.4 is 20.3 Å². The lowest BCUT2D eigenvalue weighted by Gasteiger charge is -2.28. The number of anilines is 1. The van der Waals surface area contributed by atoms with Crippen LogP contribution in [0.15, 0.2) is 42.5 Å². The van der Waals surface area contributed by atoms with E-state index in [4.69, 9.17) is 4.74 Å². The molecule has 5 rings (SSSR count). The molecule has 3 aliphatic rings. The molecular formula is C31H40N4O5. The molecule has 6 atom stereocenters. The van der Waals surface area contributed by atoms with E-state index in [9.17, 15) is 19.5 Å². The Bertz CT molecular complexity index is 1220. The van der Waals surface area contributed by atoms with Crippen LogP contribution in [0.3, 0.4) is 0 Å². The quantitative estimate of drug-likeness (QED) is 0.397. The number of carbonyl (C=O) groups excluding carboxylic acids is 3. The van der Waals surface area contributed by atoms with Crippen molar-refractivity contribution < 1.29 is 24.2 Å². The molecule has 40 heavy (non-hydrogen) atoms. The molecule has 0 spiro atoms. The minimum atomic E-state index is -0.951. The van der Waals surface area contributed by atoms with Crippen molar-refractivity contribution >= 4 is 23.5 Å². The summed E-state index contributed by atoms with van der Waals surface area (Å²) >= 11 is 0. The predicted octanol–water partition coefficient (Wildman–Crippen LogP) is 3.25. The third-order valence-electron chi connectivity index (χ3n) is 8.80. The van der Waals surface area contributed by atoms with Gasteiger partial charge in [-0.2, -0.15) is 4.98 Å². The summed E-state index contributed by atoms with van der Waals surface area (Å²) in [5.74, 6) is 1.02. The molecule has 3 N–H and O–H groups in total. The highest BCUT2D eigenvalue weighted by molar-refractivity contribution is 5.98. The van der Waals surface area contributed by atoms with Crippen molar-refractivity contribution in [2.24, 2.45) is 17.8 Å². The van der Waals surface area contributed by atoms with Gasteiger partial charge in [-0.3, -0.25) is 19.3 Å². The van der Waals surface area contributed by atoms with E-state index in [-0.39, 0.29) is 35.7 Å². The first-order valence-corrected chi connectivity index (χ1v) is 14.5. The van der Waals surface area contributed by atoms with E-state index < -0.39 is 24.0 Å². The number of aliphatic hydroxyl groups excluding tert-OH is 1. The van der Waals surface area contributed by atoms with Crippen molar-refractivity contribution in [1.82, 2.24) is 15.6 Å². The predicted molar refractivity (Wildman–Crippen MR) is 151 cm³/mol. The molecule has 1 aromatic heterocycles. The number of hydrogen-bond donors (Lipinski definition) is 3. The van der Waals surface area contributed by atoms with Gasteiger partial charge in [0.15, 0.2) is 0 Å². The second-order valence-corrected chi connectivity index (χ2v) is 11.7. The molecule has 2 aliphatic carbocycles. The number of amides is 3. The Kier molecular flexibility index (Phi) is 8.69. The summed E-state index contributed by atoms with van der Waals surface area (Å²) in [7, 11) is 1.46. The number of nitrogens with zero attached hydrogens (tertiary/aromatic N) is 2. The fraction of sp³-hybridized carbons (Fsp3) is 0.548. The fourth-order valence-corrected chi connectivity index (χ4v) is 6.54. The number of carbonyl (C=O) groups is 3. The number of nitrogens with one attached hydrogen (secondary N) is 2. The van der Waals surface area contributed by atoms with Crippen molar-refractivity contribution in [3.05, 3.63) is 53.6 Å². The maximum atomic E-state index is 13.5. The van der Waals surface area contributed by atoms with Crippen molar-refractivity contribution in [3.8, 4) is 5.88 Å². The number of aliphatic hydroxyl groups is 1. The summed E-state index contributed by atoms with van der Waals surface area (Å²) in [6.45, 7) is 2.37. The SMILES string of the molecule is COc1cc(C(=O)NC(Cc2ccccc2)C(O)CC(C)C(=O)NC2CC3CCC2C3)cc(N2CCCC2=O)n1. The van der Waals surface area contributed by atoms with Crippen LogP contribution in [0.25, 0.3) is 0 Å². The third kappa shape index (κ3) is 6.46. The molecule has 3 fully saturated rings. The summed E-state index contributed by atoms with van der Waals surface area (Å²) < 4.78 is 5.32. The second-order valence-electron chi connectivity index (χ2n) is 11.7. The van der Waals surface area contributed by atoms with E-state index in [2.05, 4.69) is 15.6 Å². The van der Waals surface area contributed by atoms with Crippen molar-refractivity contribution in [2.45, 2.75) is 76.5 Å². The molecular weight excluding hydrogens is 508 g/mol. The van der Waals surface area contributed by atoms with Crippen LogP contribution in [0, 0.1) is 17.8 Å². The van der Waals surface area contributed by atoms with Crippen LogP contribution in [0.2, 0.25) is 0 Å². The monoisotopic (exact) mass is 548 g/mol. The summed E-state index contributed by atoms with van der Waals surface area (Å²) in [5, 5.41) is 17.6. The maximum Gasteiger partial charge on any atom is 0.251 e. The van der Waals surface area contributed by atoms with Crippen LogP contribution >= 0.6 is 0 Å². The van der Waals surface area contributed by atoms with Crippen LogP contribution in [0.4, 0.5) is 5.82 Å². The van der Waals surface area contributed by atoms with Gasteiger partial charge in [0.05, 0.1) is 19.3 Å². The molecule has 6 unspecified atom stereocenters. The highest BCUT2D eigenvalue weighted by atomic mass is 16.5. The highest BCUT2D eigenvalue weighted by Crippen LogP contribution is 2.44. The Hall–Kier alpha value is -3.46. The van der Waals surface area contributed by atoms with Gasteiger partial charge in [0.2, 0.25) is 17.7 Å². The number of rotatable bonds is 11. The molecule has 2 aromatic rings. The van der Waals surface area contributed by atoms with Gasteiger partial charge < -0.3 is 20.5 Å². The first-order valence-electron chi connectivity index (χ1n) is 14.5. The smallest absolute Gasteiger partial charge is 0.251 e. The van der Waals surface area contributed by atoms with E-state index in [0.29, 0.717) is 31.1 Å². The number of pyridine rings is 1. The lowest BCUT2D eigenvalue weighted by molar-refractivity contribution is -0.126. The molecule has 1 saturated heterocycles. The maximum absolute atomic E-state index is 13.5. The fourth-order valence-electron chi connectivity index (χ4n) is 6.54. The van der Waals surface area contributed by atoms with E-state index >= 15 is 0 Å². The van der Waals surface area contributed by atoms with Gasteiger partial charge in [0.25, 0.3) is 5.91 Å². The van der Waals surface area contributed by atoms with Gasteiger partial charge in [-0.05, 0) is 62.0 Å². The molecule has 9 heteroatoms. The Morgan fingerprint density at radius 2 is 1.98 bits per heavy atom. The number of aromatic nitrogens is 1. The highest BCUT2D eigenvalue weighted by Gasteiger charge is 2.40. The molecule has 2 saturated carbocycles. The molecule has 9 nitrogen and oxygen atoms in total. The number of methoxy groups -OCH3 is 1. The van der Waals surface area contributed by atoms with Gasteiger partial charge in [0.1, 0.15) is 5.82 Å². The Morgan fingerprint density at radius 1 is 1.18 bits per heavy atom. The Balaban J connectivity index is 1.29. The molecule has 0 radical (unpaired) electrons. The molecule has 2 heterocycles. The summed E-state index contributed by atoms with van der Waals surface area (Å²) in [6, 6.07) is 12.4. The number of hydrogen-bond acceptors (Lipinski definition) is 6. The average molecular weight is 549 g/mol. The first-order chi connectivity index (χ1) is 19.3. The number of fused-ring (bicyclic) bond motifs is 2. The zero-order chi connectivity index (χ0) is 28.2. The molecule has 1 aromatic carbocycles. The number of ether oxygens (including phenoxy) is 1. The van der Waals surface area contributed by atoms with Gasteiger partial charge in [-0.25, -0.2) is 0 Å². The largest absolute Gasteiger partial charge is 0.481 e. The van der Waals surface area contributed by atoms with Crippen LogP contribution in [-0.2, 0) is 16.0 Å². The Morgan fingerprint density at radius 3 is 2.62 bits per heavy atom. The number of benzene rings is 1. The minimum Gasteiger partial charge on any atom is -0.481 e. The van der Waals surface area contributed by atoms with Crippen LogP contribution in [-0.4, -0.2) is 59.7 Å². The summed E-state index contributed by atoms with van der Waals surface area (Å²) in [6.07, 6.45) is 5.56.